The molecule has 5 rings (SSSR count). The van der Waals surface area contributed by atoms with E-state index in [9.17, 15) is 14.4 Å². The zero-order valence-corrected chi connectivity index (χ0v) is 27.9. The lowest BCUT2D eigenvalue weighted by atomic mass is 10.1. The van der Waals surface area contributed by atoms with Crippen molar-refractivity contribution in [3.63, 3.8) is 0 Å². The van der Waals surface area contributed by atoms with Crippen LogP contribution in [0, 0.1) is 12.8 Å². The molecule has 1 saturated carbocycles. The Balaban J connectivity index is 1.36. The van der Waals surface area contributed by atoms with Gasteiger partial charge in [-0.15, -0.1) is 0 Å². The number of fused-ring (bicyclic) bond motifs is 1. The van der Waals surface area contributed by atoms with Crippen LogP contribution in [-0.4, -0.2) is 56.0 Å². The standard InChI is InChI=1S/C34H43N9O5/c1-6-43-27(15-20(2)41-43)31(45)40-32-39-26-16-22(30(36)44)17-28(47-19-21-9-10-21)29(26)42(32)14-8-7-13-37-25-12-11-23(18-24(25)35)38-33(46)48-34(3,4)5/h7-8,11-12,15-18,21,37H,6,9-10,13-14,19,35H2,1-5H3,(H2,36,44)(H,38,46)(H,39,40,45). The second-order valence-corrected chi connectivity index (χ2v) is 12.7. The molecule has 0 bridgehead atoms. The van der Waals surface area contributed by atoms with E-state index in [-0.39, 0.29) is 17.4 Å². The van der Waals surface area contributed by atoms with Crippen molar-refractivity contribution < 1.29 is 23.9 Å². The molecule has 2 aromatic carbocycles. The number of allylic oxidation sites excluding steroid dienone is 1. The van der Waals surface area contributed by atoms with Gasteiger partial charge in [-0.25, -0.2) is 9.78 Å². The van der Waals surface area contributed by atoms with Crippen LogP contribution in [-0.2, 0) is 17.8 Å². The third-order valence-electron chi connectivity index (χ3n) is 7.48. The van der Waals surface area contributed by atoms with Crippen molar-refractivity contribution >= 4 is 52.0 Å². The Morgan fingerprint density at radius 3 is 2.52 bits per heavy atom. The van der Waals surface area contributed by atoms with Crippen molar-refractivity contribution in [1.29, 1.82) is 0 Å². The van der Waals surface area contributed by atoms with Gasteiger partial charge in [0.05, 0.1) is 29.2 Å². The van der Waals surface area contributed by atoms with E-state index in [0.29, 0.717) is 71.7 Å². The minimum absolute atomic E-state index is 0.264. The smallest absolute Gasteiger partial charge is 0.412 e. The third kappa shape index (κ3) is 8.43. The summed E-state index contributed by atoms with van der Waals surface area (Å²) in [6, 6.07) is 10.1. The summed E-state index contributed by atoms with van der Waals surface area (Å²) >= 11 is 0. The van der Waals surface area contributed by atoms with Crippen LogP contribution >= 0.6 is 0 Å². The predicted molar refractivity (Wildman–Crippen MR) is 185 cm³/mol. The molecule has 14 nitrogen and oxygen atoms in total. The first-order chi connectivity index (χ1) is 22.8. The topological polar surface area (TPSA) is 193 Å². The molecule has 0 aliphatic heterocycles. The van der Waals surface area contributed by atoms with Crippen molar-refractivity contribution in [1.82, 2.24) is 19.3 Å². The molecule has 1 aliphatic carbocycles. The Bertz CT molecular complexity index is 1860. The van der Waals surface area contributed by atoms with Crippen LogP contribution in [0.5, 0.6) is 5.75 Å². The number of hydrogen-bond acceptors (Lipinski definition) is 9. The minimum Gasteiger partial charge on any atom is -0.491 e. The largest absolute Gasteiger partial charge is 0.491 e. The summed E-state index contributed by atoms with van der Waals surface area (Å²) in [5.41, 5.74) is 15.4. The summed E-state index contributed by atoms with van der Waals surface area (Å²) in [4.78, 5) is 42.4. The summed E-state index contributed by atoms with van der Waals surface area (Å²) in [5.74, 6) is 0.246. The average molecular weight is 658 g/mol. The number of aromatic nitrogens is 4. The first kappa shape index (κ1) is 33.8. The van der Waals surface area contributed by atoms with Crippen LogP contribution in [0.4, 0.5) is 27.8 Å². The molecule has 4 aromatic rings. The van der Waals surface area contributed by atoms with Crippen LogP contribution in [0.3, 0.4) is 0 Å². The van der Waals surface area contributed by atoms with E-state index in [0.717, 1.165) is 18.5 Å². The fourth-order valence-electron chi connectivity index (χ4n) is 5.04. The molecule has 2 aromatic heterocycles. The molecule has 48 heavy (non-hydrogen) atoms. The lowest BCUT2D eigenvalue weighted by Gasteiger charge is -2.20. The van der Waals surface area contributed by atoms with E-state index < -0.39 is 17.6 Å². The van der Waals surface area contributed by atoms with Gasteiger partial charge in [-0.3, -0.25) is 24.9 Å². The molecule has 0 unspecified atom stereocenters. The number of ether oxygens (including phenoxy) is 2. The number of nitrogens with one attached hydrogen (secondary N) is 3. The van der Waals surface area contributed by atoms with E-state index in [2.05, 4.69) is 21.0 Å². The SMILES string of the molecule is CCn1nc(C)cc1C(=O)Nc1nc2cc(C(N)=O)cc(OCC3CC3)c2n1CC=CCNc1ccc(NC(=O)OC(C)(C)C)cc1N. The van der Waals surface area contributed by atoms with E-state index in [1.54, 1.807) is 61.9 Å². The maximum absolute atomic E-state index is 13.4. The summed E-state index contributed by atoms with van der Waals surface area (Å²) in [6.45, 7) is 10.9. The number of nitrogens with zero attached hydrogens (tertiary/aromatic N) is 4. The Kier molecular flexibility index (Phi) is 9.92. The number of carbonyl (C=O) groups is 3. The van der Waals surface area contributed by atoms with Gasteiger partial charge in [0.2, 0.25) is 11.9 Å². The predicted octanol–water partition coefficient (Wildman–Crippen LogP) is 5.30. The van der Waals surface area contributed by atoms with Gasteiger partial charge in [-0.1, -0.05) is 12.2 Å². The Morgan fingerprint density at radius 1 is 1.08 bits per heavy atom. The van der Waals surface area contributed by atoms with E-state index in [1.165, 1.54) is 0 Å². The number of nitrogens with two attached hydrogens (primary N) is 2. The first-order valence-electron chi connectivity index (χ1n) is 15.9. The fraction of sp³-hybridized carbons (Fsp3) is 0.382. The molecule has 2 heterocycles. The minimum atomic E-state index is -0.617. The van der Waals surface area contributed by atoms with Gasteiger partial charge in [-0.05, 0) is 89.8 Å². The molecule has 0 spiro atoms. The number of nitrogen functional groups attached to an aromatic ring is 1. The van der Waals surface area contributed by atoms with Crippen LogP contribution < -0.4 is 32.2 Å². The van der Waals surface area contributed by atoms with Crippen molar-refractivity contribution in [2.45, 2.75) is 66.2 Å². The van der Waals surface area contributed by atoms with Gasteiger partial charge in [0.1, 0.15) is 22.6 Å². The van der Waals surface area contributed by atoms with E-state index in [1.807, 2.05) is 30.6 Å². The second kappa shape index (κ2) is 14.1. The lowest BCUT2D eigenvalue weighted by Crippen LogP contribution is -2.27. The molecule has 3 amide bonds. The zero-order valence-electron chi connectivity index (χ0n) is 27.9. The lowest BCUT2D eigenvalue weighted by molar-refractivity contribution is 0.0635. The summed E-state index contributed by atoms with van der Waals surface area (Å²) in [5, 5.41) is 13.3. The molecule has 0 atom stereocenters. The van der Waals surface area contributed by atoms with E-state index >= 15 is 0 Å². The van der Waals surface area contributed by atoms with Crippen LogP contribution in [0.15, 0.2) is 48.6 Å². The molecular formula is C34H43N9O5. The number of imidazole rings is 1. The van der Waals surface area contributed by atoms with Crippen molar-refractivity contribution in [3.8, 4) is 5.75 Å². The summed E-state index contributed by atoms with van der Waals surface area (Å²) in [7, 11) is 0. The van der Waals surface area contributed by atoms with Gasteiger partial charge in [-0.2, -0.15) is 5.10 Å². The summed E-state index contributed by atoms with van der Waals surface area (Å²) in [6.07, 6.45) is 5.46. The molecule has 7 N–H and O–H groups in total. The number of benzene rings is 2. The number of rotatable bonds is 13. The molecule has 1 aliphatic rings. The second-order valence-electron chi connectivity index (χ2n) is 12.7. The van der Waals surface area contributed by atoms with Crippen molar-refractivity contribution in [3.05, 3.63) is 65.5 Å². The van der Waals surface area contributed by atoms with Gasteiger partial charge >= 0.3 is 6.09 Å². The number of hydrogen-bond donors (Lipinski definition) is 5. The Morgan fingerprint density at radius 2 is 1.85 bits per heavy atom. The van der Waals surface area contributed by atoms with Crippen molar-refractivity contribution in [2.75, 3.05) is 34.8 Å². The number of amides is 3. The van der Waals surface area contributed by atoms with Crippen LogP contribution in [0.1, 0.15) is 67.1 Å². The van der Waals surface area contributed by atoms with Crippen LogP contribution in [0.2, 0.25) is 0 Å². The maximum atomic E-state index is 13.4. The average Bonchev–Trinajstić information content (AvgIpc) is 3.66. The van der Waals surface area contributed by atoms with Gasteiger partial charge in [0, 0.05) is 30.9 Å². The summed E-state index contributed by atoms with van der Waals surface area (Å²) < 4.78 is 15.0. The van der Waals surface area contributed by atoms with Crippen LogP contribution in [0.25, 0.3) is 11.0 Å². The molecule has 1 fully saturated rings. The highest BCUT2D eigenvalue weighted by Gasteiger charge is 2.25. The number of primary amides is 1. The highest BCUT2D eigenvalue weighted by molar-refractivity contribution is 6.04. The van der Waals surface area contributed by atoms with Gasteiger partial charge in [0.15, 0.2) is 0 Å². The quantitative estimate of drug-likeness (QED) is 0.0937. The Hall–Kier alpha value is -5.53. The molecule has 254 valence electrons. The molecule has 0 saturated heterocycles. The normalized spacial score (nSPS) is 13.1. The van der Waals surface area contributed by atoms with E-state index in [4.69, 9.17) is 25.9 Å². The molecular weight excluding hydrogens is 614 g/mol. The molecule has 0 radical (unpaired) electrons. The maximum Gasteiger partial charge on any atom is 0.412 e. The number of aryl methyl sites for hydroxylation is 2. The number of carbonyl (C=O) groups excluding carboxylic acids is 3. The van der Waals surface area contributed by atoms with Crippen molar-refractivity contribution in [2.24, 2.45) is 11.7 Å². The molecule has 14 heteroatoms. The first-order valence-corrected chi connectivity index (χ1v) is 15.9. The highest BCUT2D eigenvalue weighted by atomic mass is 16.6. The van der Waals surface area contributed by atoms with Gasteiger partial charge < -0.3 is 30.8 Å². The zero-order chi connectivity index (χ0) is 34.6. The van der Waals surface area contributed by atoms with Gasteiger partial charge in [0.25, 0.3) is 5.91 Å². The Labute approximate surface area is 278 Å². The third-order valence-corrected chi connectivity index (χ3v) is 7.48. The monoisotopic (exact) mass is 657 g/mol. The number of anilines is 4. The highest BCUT2D eigenvalue weighted by Crippen LogP contribution is 2.34. The fourth-order valence-corrected chi connectivity index (χ4v) is 5.04.